The minimum atomic E-state index is -0.688. The van der Waals surface area contributed by atoms with Gasteiger partial charge in [-0.05, 0) is 30.5 Å². The van der Waals surface area contributed by atoms with Crippen molar-refractivity contribution < 1.29 is 4.79 Å². The van der Waals surface area contributed by atoms with Gasteiger partial charge in [0.25, 0.3) is 5.91 Å². The van der Waals surface area contributed by atoms with Crippen molar-refractivity contribution in [3.8, 4) is 0 Å². The summed E-state index contributed by atoms with van der Waals surface area (Å²) in [7, 11) is 0. The number of carbonyl (C=O) groups is 1. The van der Waals surface area contributed by atoms with Crippen molar-refractivity contribution in [1.29, 1.82) is 0 Å². The number of amides is 1. The molecule has 3 nitrogen and oxygen atoms in total. The van der Waals surface area contributed by atoms with Gasteiger partial charge in [0, 0.05) is 16.9 Å². The zero-order valence-corrected chi connectivity index (χ0v) is 12.4. The van der Waals surface area contributed by atoms with Gasteiger partial charge in [0.15, 0.2) is 0 Å². The molecular formula is C18H20N2O. The van der Waals surface area contributed by atoms with E-state index in [2.05, 4.69) is 24.5 Å². The molecule has 108 valence electrons. The molecule has 3 heteroatoms. The molecule has 1 aliphatic rings. The Balaban J connectivity index is 2.07. The Hall–Kier alpha value is -2.29. The number of hydrogen-bond acceptors (Lipinski definition) is 2. The van der Waals surface area contributed by atoms with Crippen LogP contribution in [0, 0.1) is 5.92 Å². The van der Waals surface area contributed by atoms with E-state index in [4.69, 9.17) is 0 Å². The summed E-state index contributed by atoms with van der Waals surface area (Å²) in [6, 6.07) is 17.9. The SMILES string of the molecule is CC(C)C[C@@]1(Nc2ccccc2)C(=O)Nc2ccccc21. The first-order valence-corrected chi connectivity index (χ1v) is 7.36. The maximum Gasteiger partial charge on any atom is 0.254 e. The van der Waals surface area contributed by atoms with Gasteiger partial charge in [-0.3, -0.25) is 4.79 Å². The van der Waals surface area contributed by atoms with Crippen molar-refractivity contribution in [2.45, 2.75) is 25.8 Å². The maximum absolute atomic E-state index is 12.7. The standard InChI is InChI=1S/C18H20N2O/c1-13(2)12-18(20-14-8-4-3-5-9-14)15-10-6-7-11-16(15)19-17(18)21/h3-11,13,20H,12H2,1-2H3,(H,19,21)/t18-/m0/s1. The zero-order chi connectivity index (χ0) is 14.9. The second-order valence-corrected chi connectivity index (χ2v) is 5.99. The Bertz CT molecular complexity index is 651. The fraction of sp³-hybridized carbons (Fsp3) is 0.278. The van der Waals surface area contributed by atoms with E-state index in [0.717, 1.165) is 23.4 Å². The summed E-state index contributed by atoms with van der Waals surface area (Å²) in [5.41, 5.74) is 2.22. The molecule has 3 rings (SSSR count). The number of benzene rings is 2. The second-order valence-electron chi connectivity index (χ2n) is 5.99. The van der Waals surface area contributed by atoms with Crippen LogP contribution >= 0.6 is 0 Å². The van der Waals surface area contributed by atoms with E-state index in [0.29, 0.717) is 5.92 Å². The van der Waals surface area contributed by atoms with Crippen LogP contribution < -0.4 is 10.6 Å². The van der Waals surface area contributed by atoms with Crippen LogP contribution in [0.3, 0.4) is 0 Å². The molecule has 1 aliphatic heterocycles. The maximum atomic E-state index is 12.7. The fourth-order valence-electron chi connectivity index (χ4n) is 3.07. The minimum absolute atomic E-state index is 0.0289. The third-order valence-corrected chi connectivity index (χ3v) is 3.87. The predicted molar refractivity (Wildman–Crippen MR) is 86.3 cm³/mol. The van der Waals surface area contributed by atoms with Gasteiger partial charge >= 0.3 is 0 Å². The van der Waals surface area contributed by atoms with Crippen molar-refractivity contribution in [3.63, 3.8) is 0 Å². The third-order valence-electron chi connectivity index (χ3n) is 3.87. The van der Waals surface area contributed by atoms with Gasteiger partial charge in [0.1, 0.15) is 5.54 Å². The van der Waals surface area contributed by atoms with Gasteiger partial charge in [0.2, 0.25) is 0 Å². The Morgan fingerprint density at radius 1 is 1.05 bits per heavy atom. The Labute approximate surface area is 125 Å². The predicted octanol–water partition coefficient (Wildman–Crippen LogP) is 3.99. The van der Waals surface area contributed by atoms with E-state index in [1.54, 1.807) is 0 Å². The van der Waals surface area contributed by atoms with Crippen molar-refractivity contribution >= 4 is 17.3 Å². The van der Waals surface area contributed by atoms with Crippen molar-refractivity contribution in [1.82, 2.24) is 0 Å². The molecule has 0 aliphatic carbocycles. The first-order valence-electron chi connectivity index (χ1n) is 7.36. The number of para-hydroxylation sites is 2. The van der Waals surface area contributed by atoms with E-state index in [-0.39, 0.29) is 5.91 Å². The summed E-state index contributed by atoms with van der Waals surface area (Å²) in [4.78, 5) is 12.7. The van der Waals surface area contributed by atoms with Crippen molar-refractivity contribution in [2.24, 2.45) is 5.92 Å². The second kappa shape index (κ2) is 5.24. The topological polar surface area (TPSA) is 41.1 Å². The highest BCUT2D eigenvalue weighted by Gasteiger charge is 2.46. The normalized spacial score (nSPS) is 20.2. The first-order chi connectivity index (χ1) is 10.1. The summed E-state index contributed by atoms with van der Waals surface area (Å²) in [6.07, 6.45) is 0.755. The molecule has 0 spiro atoms. The van der Waals surface area contributed by atoms with Gasteiger partial charge in [-0.25, -0.2) is 0 Å². The lowest BCUT2D eigenvalue weighted by atomic mass is 9.83. The van der Waals surface area contributed by atoms with Crippen LogP contribution in [0.1, 0.15) is 25.8 Å². The van der Waals surface area contributed by atoms with E-state index in [9.17, 15) is 4.79 Å². The molecule has 0 saturated carbocycles. The number of anilines is 2. The summed E-state index contributed by atoms with van der Waals surface area (Å²) in [5.74, 6) is 0.430. The monoisotopic (exact) mass is 280 g/mol. The van der Waals surface area contributed by atoms with Gasteiger partial charge in [0.05, 0.1) is 0 Å². The summed E-state index contributed by atoms with van der Waals surface area (Å²) < 4.78 is 0. The van der Waals surface area contributed by atoms with E-state index < -0.39 is 5.54 Å². The molecule has 1 amide bonds. The third kappa shape index (κ3) is 2.40. The first kappa shape index (κ1) is 13.7. The van der Waals surface area contributed by atoms with Crippen LogP contribution in [0.15, 0.2) is 54.6 Å². The van der Waals surface area contributed by atoms with Gasteiger partial charge in [-0.15, -0.1) is 0 Å². The lowest BCUT2D eigenvalue weighted by Crippen LogP contribution is -2.43. The van der Waals surface area contributed by atoms with Crippen LogP contribution in [0.5, 0.6) is 0 Å². The van der Waals surface area contributed by atoms with Crippen molar-refractivity contribution in [3.05, 3.63) is 60.2 Å². The molecule has 0 fully saturated rings. The van der Waals surface area contributed by atoms with Crippen LogP contribution in [0.4, 0.5) is 11.4 Å². The van der Waals surface area contributed by atoms with E-state index in [1.165, 1.54) is 0 Å². The molecule has 2 aromatic carbocycles. The number of fused-ring (bicyclic) bond motifs is 1. The molecule has 0 unspecified atom stereocenters. The number of rotatable bonds is 4. The molecule has 21 heavy (non-hydrogen) atoms. The lowest BCUT2D eigenvalue weighted by molar-refractivity contribution is -0.120. The lowest BCUT2D eigenvalue weighted by Gasteiger charge is -2.31. The summed E-state index contributed by atoms with van der Waals surface area (Å²) in [6.45, 7) is 4.28. The number of nitrogens with one attached hydrogen (secondary N) is 2. The van der Waals surface area contributed by atoms with Crippen molar-refractivity contribution in [2.75, 3.05) is 10.6 Å². The van der Waals surface area contributed by atoms with Crippen LogP contribution in [0.2, 0.25) is 0 Å². The average molecular weight is 280 g/mol. The summed E-state index contributed by atoms with van der Waals surface area (Å²) in [5, 5.41) is 6.49. The molecule has 0 bridgehead atoms. The van der Waals surface area contributed by atoms with Crippen LogP contribution in [-0.4, -0.2) is 5.91 Å². The van der Waals surface area contributed by atoms with Crippen LogP contribution in [-0.2, 0) is 10.3 Å². The molecule has 0 aromatic heterocycles. The highest BCUT2D eigenvalue weighted by atomic mass is 16.2. The molecule has 2 N–H and O–H groups in total. The molecule has 0 radical (unpaired) electrons. The number of hydrogen-bond donors (Lipinski definition) is 2. The Kier molecular flexibility index (Phi) is 3.42. The van der Waals surface area contributed by atoms with Gasteiger partial charge in [-0.2, -0.15) is 0 Å². The van der Waals surface area contributed by atoms with E-state index in [1.807, 2.05) is 54.6 Å². The highest BCUT2D eigenvalue weighted by Crippen LogP contribution is 2.42. The average Bonchev–Trinajstić information content (AvgIpc) is 2.72. The largest absolute Gasteiger partial charge is 0.368 e. The molecule has 2 aromatic rings. The van der Waals surface area contributed by atoms with Crippen LogP contribution in [0.25, 0.3) is 0 Å². The van der Waals surface area contributed by atoms with Gasteiger partial charge < -0.3 is 10.6 Å². The zero-order valence-electron chi connectivity index (χ0n) is 12.4. The molecular weight excluding hydrogens is 260 g/mol. The number of carbonyl (C=O) groups excluding carboxylic acids is 1. The Morgan fingerprint density at radius 3 is 2.43 bits per heavy atom. The Morgan fingerprint density at radius 2 is 1.71 bits per heavy atom. The molecule has 1 atom stereocenters. The smallest absolute Gasteiger partial charge is 0.254 e. The minimum Gasteiger partial charge on any atom is -0.368 e. The highest BCUT2D eigenvalue weighted by molar-refractivity contribution is 6.07. The molecule has 0 saturated heterocycles. The quantitative estimate of drug-likeness (QED) is 0.889. The fourth-order valence-corrected chi connectivity index (χ4v) is 3.07. The summed E-state index contributed by atoms with van der Waals surface area (Å²) >= 11 is 0. The van der Waals surface area contributed by atoms with Gasteiger partial charge in [-0.1, -0.05) is 50.2 Å². The molecule has 1 heterocycles. The van der Waals surface area contributed by atoms with E-state index >= 15 is 0 Å².